The number of benzene rings is 1. The van der Waals surface area contributed by atoms with Crippen LogP contribution in [0, 0.1) is 5.92 Å². The number of likely N-dealkylation sites (tertiary alicyclic amines) is 1. The second-order valence-corrected chi connectivity index (χ2v) is 5.69. The number of piperidine rings is 1. The van der Waals surface area contributed by atoms with Crippen LogP contribution in [-0.2, 0) is 6.42 Å². The van der Waals surface area contributed by atoms with Crippen LogP contribution in [0.3, 0.4) is 0 Å². The first-order chi connectivity index (χ1) is 8.83. The SMILES string of the molecule is CCCN1CC[C@@H]2c3c(cccc3OC)C[C@H]2C1.Cl. The Bertz CT molecular complexity index is 435. The van der Waals surface area contributed by atoms with E-state index in [-0.39, 0.29) is 12.4 Å². The average Bonchev–Trinajstić information content (AvgIpc) is 2.76. The van der Waals surface area contributed by atoms with Gasteiger partial charge in [-0.25, -0.2) is 0 Å². The Labute approximate surface area is 122 Å². The van der Waals surface area contributed by atoms with E-state index in [9.17, 15) is 0 Å². The van der Waals surface area contributed by atoms with Crippen LogP contribution in [0.5, 0.6) is 5.75 Å². The molecule has 2 atom stereocenters. The van der Waals surface area contributed by atoms with Crippen LogP contribution >= 0.6 is 12.4 Å². The first-order valence-electron chi connectivity index (χ1n) is 7.21. The maximum Gasteiger partial charge on any atom is 0.122 e. The number of ether oxygens (including phenoxy) is 1. The van der Waals surface area contributed by atoms with E-state index in [0.717, 1.165) is 17.6 Å². The van der Waals surface area contributed by atoms with Crippen molar-refractivity contribution in [1.29, 1.82) is 0 Å². The molecular weight excluding hydrogens is 258 g/mol. The van der Waals surface area contributed by atoms with Gasteiger partial charge in [0.25, 0.3) is 0 Å². The Balaban J connectivity index is 0.00000133. The van der Waals surface area contributed by atoms with Crippen LogP contribution < -0.4 is 4.74 Å². The first kappa shape index (κ1) is 14.7. The third-order valence-electron chi connectivity index (χ3n) is 4.59. The summed E-state index contributed by atoms with van der Waals surface area (Å²) in [5.74, 6) is 2.67. The third-order valence-corrected chi connectivity index (χ3v) is 4.59. The second-order valence-electron chi connectivity index (χ2n) is 5.69. The van der Waals surface area contributed by atoms with Gasteiger partial charge in [-0.15, -0.1) is 12.4 Å². The number of rotatable bonds is 3. The minimum Gasteiger partial charge on any atom is -0.496 e. The minimum absolute atomic E-state index is 0. The molecule has 2 nitrogen and oxygen atoms in total. The van der Waals surface area contributed by atoms with E-state index in [4.69, 9.17) is 4.74 Å². The molecule has 0 saturated carbocycles. The van der Waals surface area contributed by atoms with Crippen molar-refractivity contribution >= 4 is 12.4 Å². The summed E-state index contributed by atoms with van der Waals surface area (Å²) in [6.45, 7) is 6.07. The van der Waals surface area contributed by atoms with Gasteiger partial charge >= 0.3 is 0 Å². The largest absolute Gasteiger partial charge is 0.496 e. The third kappa shape index (κ3) is 2.61. The van der Waals surface area contributed by atoms with Gasteiger partial charge in [0.05, 0.1) is 7.11 Å². The molecule has 1 aliphatic carbocycles. The van der Waals surface area contributed by atoms with Gasteiger partial charge in [0, 0.05) is 12.1 Å². The lowest BCUT2D eigenvalue weighted by Crippen LogP contribution is -2.38. The highest BCUT2D eigenvalue weighted by Gasteiger charge is 2.38. The summed E-state index contributed by atoms with van der Waals surface area (Å²) < 4.78 is 5.57. The summed E-state index contributed by atoms with van der Waals surface area (Å²) in [5.41, 5.74) is 3.05. The van der Waals surface area contributed by atoms with Crippen molar-refractivity contribution in [2.24, 2.45) is 5.92 Å². The molecule has 3 heteroatoms. The lowest BCUT2D eigenvalue weighted by Gasteiger charge is -2.35. The van der Waals surface area contributed by atoms with E-state index in [1.807, 2.05) is 0 Å². The van der Waals surface area contributed by atoms with E-state index < -0.39 is 0 Å². The van der Waals surface area contributed by atoms with Gasteiger partial charge in [-0.3, -0.25) is 0 Å². The van der Waals surface area contributed by atoms with Gasteiger partial charge in [-0.1, -0.05) is 19.1 Å². The predicted molar refractivity (Wildman–Crippen MR) is 81.5 cm³/mol. The first-order valence-corrected chi connectivity index (χ1v) is 7.21. The highest BCUT2D eigenvalue weighted by atomic mass is 35.5. The Morgan fingerprint density at radius 3 is 2.95 bits per heavy atom. The van der Waals surface area contributed by atoms with Gasteiger partial charge < -0.3 is 9.64 Å². The van der Waals surface area contributed by atoms with Gasteiger partial charge in [0.1, 0.15) is 5.75 Å². The smallest absolute Gasteiger partial charge is 0.122 e. The van der Waals surface area contributed by atoms with E-state index in [1.54, 1.807) is 7.11 Å². The molecule has 1 heterocycles. The molecule has 19 heavy (non-hydrogen) atoms. The summed E-state index contributed by atoms with van der Waals surface area (Å²) in [7, 11) is 1.80. The molecule has 1 aliphatic heterocycles. The molecule has 1 aromatic rings. The van der Waals surface area contributed by atoms with Gasteiger partial charge in [0.2, 0.25) is 0 Å². The molecule has 2 aliphatic rings. The molecule has 0 amide bonds. The molecule has 106 valence electrons. The topological polar surface area (TPSA) is 12.5 Å². The monoisotopic (exact) mass is 281 g/mol. The van der Waals surface area contributed by atoms with Crippen LogP contribution in [0.4, 0.5) is 0 Å². The summed E-state index contributed by atoms with van der Waals surface area (Å²) >= 11 is 0. The number of hydrogen-bond donors (Lipinski definition) is 0. The fourth-order valence-electron chi connectivity index (χ4n) is 3.86. The molecule has 1 aromatic carbocycles. The molecule has 0 radical (unpaired) electrons. The number of hydrogen-bond acceptors (Lipinski definition) is 2. The van der Waals surface area contributed by atoms with Gasteiger partial charge in [-0.05, 0) is 55.8 Å². The lowest BCUT2D eigenvalue weighted by atomic mass is 9.85. The Morgan fingerprint density at radius 2 is 2.21 bits per heavy atom. The zero-order valence-electron chi connectivity index (χ0n) is 11.9. The zero-order chi connectivity index (χ0) is 12.5. The number of fused-ring (bicyclic) bond motifs is 3. The van der Waals surface area contributed by atoms with Crippen LogP contribution in [0.25, 0.3) is 0 Å². The van der Waals surface area contributed by atoms with Crippen LogP contribution in [0.15, 0.2) is 18.2 Å². The molecule has 1 fully saturated rings. The number of nitrogens with zero attached hydrogens (tertiary/aromatic N) is 1. The molecule has 0 unspecified atom stereocenters. The van der Waals surface area contributed by atoms with Crippen molar-refractivity contribution in [2.45, 2.75) is 32.1 Å². The van der Waals surface area contributed by atoms with E-state index in [2.05, 4.69) is 30.0 Å². The normalized spacial score (nSPS) is 25.4. The van der Waals surface area contributed by atoms with Crippen molar-refractivity contribution in [3.05, 3.63) is 29.3 Å². The molecule has 0 aromatic heterocycles. The highest BCUT2D eigenvalue weighted by Crippen LogP contribution is 2.46. The predicted octanol–water partition coefficient (Wildman–Crippen LogP) is 3.49. The maximum atomic E-state index is 5.57. The van der Waals surface area contributed by atoms with Gasteiger partial charge in [-0.2, -0.15) is 0 Å². The fourth-order valence-corrected chi connectivity index (χ4v) is 3.86. The summed E-state index contributed by atoms with van der Waals surface area (Å²) in [6, 6.07) is 6.55. The quantitative estimate of drug-likeness (QED) is 0.841. The number of methoxy groups -OCH3 is 1. The Morgan fingerprint density at radius 1 is 1.37 bits per heavy atom. The molecular formula is C16H24ClNO. The summed E-state index contributed by atoms with van der Waals surface area (Å²) in [6.07, 6.45) is 3.82. The lowest BCUT2D eigenvalue weighted by molar-refractivity contribution is 0.162. The second kappa shape index (κ2) is 6.15. The van der Waals surface area contributed by atoms with Crippen molar-refractivity contribution in [2.75, 3.05) is 26.7 Å². The Hall–Kier alpha value is -0.730. The molecule has 0 N–H and O–H groups in total. The molecule has 1 saturated heterocycles. The van der Waals surface area contributed by atoms with E-state index in [1.165, 1.54) is 50.0 Å². The fraction of sp³-hybridized carbons (Fsp3) is 0.625. The van der Waals surface area contributed by atoms with Crippen molar-refractivity contribution in [3.8, 4) is 5.75 Å². The van der Waals surface area contributed by atoms with E-state index >= 15 is 0 Å². The number of halogens is 1. The maximum absolute atomic E-state index is 5.57. The van der Waals surface area contributed by atoms with Crippen LogP contribution in [-0.4, -0.2) is 31.6 Å². The standard InChI is InChI=1S/C16H23NO.ClH/c1-3-8-17-9-7-14-13(11-17)10-12-5-4-6-15(18-2)16(12)14;/h4-6,13-14H,3,7-11H2,1-2H3;1H/t13-,14-;/m0./s1. The van der Waals surface area contributed by atoms with Crippen LogP contribution in [0.1, 0.15) is 36.8 Å². The van der Waals surface area contributed by atoms with Crippen molar-refractivity contribution in [3.63, 3.8) is 0 Å². The van der Waals surface area contributed by atoms with Crippen LogP contribution in [0.2, 0.25) is 0 Å². The Kier molecular flexibility index (Phi) is 4.75. The van der Waals surface area contributed by atoms with Crippen molar-refractivity contribution in [1.82, 2.24) is 4.90 Å². The highest BCUT2D eigenvalue weighted by molar-refractivity contribution is 5.85. The minimum atomic E-state index is 0. The summed E-state index contributed by atoms with van der Waals surface area (Å²) in [5, 5.41) is 0. The van der Waals surface area contributed by atoms with Gasteiger partial charge in [0.15, 0.2) is 0 Å². The molecule has 3 rings (SSSR count). The van der Waals surface area contributed by atoms with E-state index in [0.29, 0.717) is 0 Å². The molecule has 0 bridgehead atoms. The summed E-state index contributed by atoms with van der Waals surface area (Å²) in [4.78, 5) is 2.64. The van der Waals surface area contributed by atoms with Crippen molar-refractivity contribution < 1.29 is 4.74 Å². The molecule has 0 spiro atoms. The zero-order valence-corrected chi connectivity index (χ0v) is 12.7. The average molecular weight is 282 g/mol.